The summed E-state index contributed by atoms with van der Waals surface area (Å²) in [4.78, 5) is 0. The summed E-state index contributed by atoms with van der Waals surface area (Å²) in [5.41, 5.74) is 2.44. The third-order valence-electron chi connectivity index (χ3n) is 1.98. The van der Waals surface area contributed by atoms with Gasteiger partial charge in [0.15, 0.2) is 0 Å². The van der Waals surface area contributed by atoms with Crippen molar-refractivity contribution in [1.82, 2.24) is 0 Å². The number of rotatable bonds is 2. The van der Waals surface area contributed by atoms with Gasteiger partial charge >= 0.3 is 0 Å². The Labute approximate surface area is 89.2 Å². The molecule has 0 atom stereocenters. The van der Waals surface area contributed by atoms with Crippen molar-refractivity contribution >= 4 is 23.2 Å². The highest BCUT2D eigenvalue weighted by Crippen LogP contribution is 2.22. The molecule has 1 rings (SSSR count). The average Bonchev–Trinajstić information content (AvgIpc) is 2.09. The Hall–Kier alpha value is -0.460. The summed E-state index contributed by atoms with van der Waals surface area (Å²) in [5, 5.41) is 1.43. The molecule has 0 N–H and O–H groups in total. The molecule has 0 fully saturated rings. The van der Waals surface area contributed by atoms with Crippen LogP contribution in [0.2, 0.25) is 10.0 Å². The fourth-order valence-electron chi connectivity index (χ4n) is 1.07. The van der Waals surface area contributed by atoms with Crippen LogP contribution in [0.15, 0.2) is 29.8 Å². The van der Waals surface area contributed by atoms with Crippen LogP contribution in [-0.2, 0) is 6.42 Å². The van der Waals surface area contributed by atoms with Crippen molar-refractivity contribution in [3.8, 4) is 0 Å². The van der Waals surface area contributed by atoms with E-state index in [0.29, 0.717) is 5.02 Å². The predicted molar refractivity (Wildman–Crippen MR) is 59.6 cm³/mol. The fourth-order valence-corrected chi connectivity index (χ4v) is 1.54. The molecule has 2 heteroatoms. The summed E-state index contributed by atoms with van der Waals surface area (Å²) in [7, 11) is 0. The smallest absolute Gasteiger partial charge is 0.0456 e. The van der Waals surface area contributed by atoms with Crippen LogP contribution in [0.4, 0.5) is 0 Å². The summed E-state index contributed by atoms with van der Waals surface area (Å²) < 4.78 is 0. The summed E-state index contributed by atoms with van der Waals surface area (Å²) in [5.74, 6) is 0. The number of hydrogen-bond acceptors (Lipinski definition) is 0. The van der Waals surface area contributed by atoms with Crippen LogP contribution in [0.3, 0.4) is 0 Å². The molecule has 0 aliphatic rings. The van der Waals surface area contributed by atoms with E-state index >= 15 is 0 Å². The molecular formula is C11H12Cl2. The quantitative estimate of drug-likeness (QED) is 0.637. The molecule has 1 aromatic rings. The lowest BCUT2D eigenvalue weighted by atomic mass is 10.1. The lowest BCUT2D eigenvalue weighted by Crippen LogP contribution is -1.87. The molecule has 0 heterocycles. The third-order valence-corrected chi connectivity index (χ3v) is 2.56. The van der Waals surface area contributed by atoms with Crippen molar-refractivity contribution in [2.75, 3.05) is 0 Å². The zero-order chi connectivity index (χ0) is 9.84. The fraction of sp³-hybridized carbons (Fsp3) is 0.273. The number of halogens is 2. The van der Waals surface area contributed by atoms with E-state index < -0.39 is 0 Å². The number of hydrogen-bond donors (Lipinski definition) is 0. The van der Waals surface area contributed by atoms with Crippen molar-refractivity contribution in [3.05, 3.63) is 45.5 Å². The van der Waals surface area contributed by atoms with Crippen LogP contribution in [0.25, 0.3) is 0 Å². The van der Waals surface area contributed by atoms with Gasteiger partial charge in [0.2, 0.25) is 0 Å². The van der Waals surface area contributed by atoms with E-state index in [1.165, 1.54) is 5.57 Å². The van der Waals surface area contributed by atoms with Crippen molar-refractivity contribution in [2.24, 2.45) is 0 Å². The Bertz CT molecular complexity index is 327. The third kappa shape index (κ3) is 3.06. The van der Waals surface area contributed by atoms with Gasteiger partial charge in [-0.05, 0) is 38.0 Å². The first-order valence-electron chi connectivity index (χ1n) is 4.19. The van der Waals surface area contributed by atoms with E-state index in [9.17, 15) is 0 Å². The molecule has 0 saturated carbocycles. The van der Waals surface area contributed by atoms with Crippen LogP contribution in [0.1, 0.15) is 19.4 Å². The Kier molecular flexibility index (Phi) is 3.83. The molecule has 70 valence electrons. The summed E-state index contributed by atoms with van der Waals surface area (Å²) in [6, 6.07) is 5.62. The topological polar surface area (TPSA) is 0 Å². The minimum Gasteiger partial charge on any atom is -0.0884 e. The van der Waals surface area contributed by atoms with E-state index in [1.54, 1.807) is 6.07 Å². The molecule has 0 aromatic heterocycles. The second kappa shape index (κ2) is 4.69. The van der Waals surface area contributed by atoms with Crippen LogP contribution >= 0.6 is 23.2 Å². The molecule has 13 heavy (non-hydrogen) atoms. The molecule has 1 aromatic carbocycles. The summed E-state index contributed by atoms with van der Waals surface area (Å²) in [6.45, 7) is 4.12. The number of allylic oxidation sites excluding steroid dienone is 2. The Morgan fingerprint density at radius 3 is 2.62 bits per heavy atom. The van der Waals surface area contributed by atoms with Crippen molar-refractivity contribution < 1.29 is 0 Å². The van der Waals surface area contributed by atoms with Crippen molar-refractivity contribution in [2.45, 2.75) is 20.3 Å². The van der Waals surface area contributed by atoms with E-state index in [-0.39, 0.29) is 0 Å². The van der Waals surface area contributed by atoms with E-state index in [4.69, 9.17) is 23.2 Å². The van der Waals surface area contributed by atoms with Crippen LogP contribution in [0, 0.1) is 0 Å². The highest BCUT2D eigenvalue weighted by atomic mass is 35.5. The van der Waals surface area contributed by atoms with E-state index in [0.717, 1.165) is 17.0 Å². The van der Waals surface area contributed by atoms with Crippen molar-refractivity contribution in [1.29, 1.82) is 0 Å². The lowest BCUT2D eigenvalue weighted by molar-refractivity contribution is 1.13. The number of benzene rings is 1. The maximum atomic E-state index is 6.02. The second-order valence-electron chi connectivity index (χ2n) is 3.05. The highest BCUT2D eigenvalue weighted by molar-refractivity contribution is 6.35. The molecule has 0 radical (unpaired) electrons. The minimum atomic E-state index is 0.687. The highest BCUT2D eigenvalue weighted by Gasteiger charge is 2.01. The van der Waals surface area contributed by atoms with Gasteiger partial charge in [-0.25, -0.2) is 0 Å². The van der Waals surface area contributed by atoms with Gasteiger partial charge in [0.1, 0.15) is 0 Å². The molecule has 0 amide bonds. The zero-order valence-electron chi connectivity index (χ0n) is 7.77. The second-order valence-corrected chi connectivity index (χ2v) is 3.89. The Morgan fingerprint density at radius 1 is 1.38 bits per heavy atom. The monoisotopic (exact) mass is 214 g/mol. The van der Waals surface area contributed by atoms with E-state index in [2.05, 4.69) is 13.0 Å². The Balaban J connectivity index is 2.90. The lowest BCUT2D eigenvalue weighted by Gasteiger charge is -2.04. The van der Waals surface area contributed by atoms with Gasteiger partial charge in [-0.15, -0.1) is 0 Å². The van der Waals surface area contributed by atoms with Gasteiger partial charge in [-0.2, -0.15) is 0 Å². The largest absolute Gasteiger partial charge is 0.0884 e. The van der Waals surface area contributed by atoms with Gasteiger partial charge in [0.25, 0.3) is 0 Å². The van der Waals surface area contributed by atoms with Crippen LogP contribution < -0.4 is 0 Å². The molecule has 0 spiro atoms. The molecule has 0 saturated heterocycles. The maximum absolute atomic E-state index is 6.02. The first-order valence-corrected chi connectivity index (χ1v) is 4.95. The molecule has 0 unspecified atom stereocenters. The maximum Gasteiger partial charge on any atom is 0.0456 e. The Morgan fingerprint density at radius 2 is 2.08 bits per heavy atom. The van der Waals surface area contributed by atoms with Gasteiger partial charge < -0.3 is 0 Å². The SMILES string of the molecule is C/C=C(\C)Cc1ccc(Cl)cc1Cl. The van der Waals surface area contributed by atoms with Gasteiger partial charge in [-0.3, -0.25) is 0 Å². The molecule has 0 aliphatic heterocycles. The molecule has 0 nitrogen and oxygen atoms in total. The zero-order valence-corrected chi connectivity index (χ0v) is 9.28. The summed E-state index contributed by atoms with van der Waals surface area (Å²) >= 11 is 11.8. The molecule has 0 bridgehead atoms. The van der Waals surface area contributed by atoms with Crippen LogP contribution in [-0.4, -0.2) is 0 Å². The van der Waals surface area contributed by atoms with Gasteiger partial charge in [-0.1, -0.05) is 40.9 Å². The first-order chi connectivity index (χ1) is 6.13. The van der Waals surface area contributed by atoms with Gasteiger partial charge in [0.05, 0.1) is 0 Å². The normalized spacial score (nSPS) is 11.8. The van der Waals surface area contributed by atoms with E-state index in [1.807, 2.05) is 19.1 Å². The minimum absolute atomic E-state index is 0.687. The molecule has 0 aliphatic carbocycles. The summed E-state index contributed by atoms with van der Waals surface area (Å²) in [6.07, 6.45) is 2.98. The predicted octanol–water partition coefficient (Wildman–Crippen LogP) is 4.50. The standard InChI is InChI=1S/C11H12Cl2/c1-3-8(2)6-9-4-5-10(12)7-11(9)13/h3-5,7H,6H2,1-2H3/b8-3+. The van der Waals surface area contributed by atoms with Crippen LogP contribution in [0.5, 0.6) is 0 Å². The average molecular weight is 215 g/mol. The first kappa shape index (κ1) is 10.6. The van der Waals surface area contributed by atoms with Crippen molar-refractivity contribution in [3.63, 3.8) is 0 Å². The van der Waals surface area contributed by atoms with Gasteiger partial charge in [0, 0.05) is 10.0 Å². The molecular weight excluding hydrogens is 203 g/mol.